The van der Waals surface area contributed by atoms with Crippen LogP contribution in [0.2, 0.25) is 0 Å². The summed E-state index contributed by atoms with van der Waals surface area (Å²) in [6.45, 7) is 4.50. The van der Waals surface area contributed by atoms with E-state index in [1.165, 1.54) is 10.7 Å². The average Bonchev–Trinajstić information content (AvgIpc) is 3.21. The molecule has 3 heterocycles. The Bertz CT molecular complexity index is 1290. The molecule has 0 radical (unpaired) electrons. The van der Waals surface area contributed by atoms with Crippen LogP contribution in [0.3, 0.4) is 0 Å². The first-order valence-electron chi connectivity index (χ1n) is 10.8. The Kier molecular flexibility index (Phi) is 5.91. The molecule has 1 fully saturated rings. The van der Waals surface area contributed by atoms with Crippen molar-refractivity contribution in [3.8, 4) is 5.82 Å². The van der Waals surface area contributed by atoms with Crippen LogP contribution in [-0.2, 0) is 4.74 Å². The van der Waals surface area contributed by atoms with Crippen molar-refractivity contribution in [2.24, 2.45) is 0 Å². The van der Waals surface area contributed by atoms with E-state index in [9.17, 15) is 4.39 Å². The highest BCUT2D eigenvalue weighted by Crippen LogP contribution is 2.26. The van der Waals surface area contributed by atoms with E-state index in [1.807, 2.05) is 36.4 Å². The van der Waals surface area contributed by atoms with Crippen molar-refractivity contribution >= 4 is 34.8 Å². The van der Waals surface area contributed by atoms with Gasteiger partial charge in [-0.05, 0) is 37.3 Å². The zero-order chi connectivity index (χ0) is 23.5. The fourth-order valence-corrected chi connectivity index (χ4v) is 3.68. The second kappa shape index (κ2) is 9.32. The number of nitrogens with two attached hydrogens (primary N) is 1. The number of aromatic nitrogens is 5. The molecule has 0 aliphatic carbocycles. The number of morpholine rings is 1. The van der Waals surface area contributed by atoms with E-state index in [4.69, 9.17) is 10.5 Å². The second-order valence-corrected chi connectivity index (χ2v) is 7.74. The van der Waals surface area contributed by atoms with Crippen molar-refractivity contribution in [3.63, 3.8) is 0 Å². The predicted octanol–water partition coefficient (Wildman–Crippen LogP) is 3.41. The van der Waals surface area contributed by atoms with Gasteiger partial charge in [-0.1, -0.05) is 18.2 Å². The smallest absolute Gasteiger partial charge is 0.248 e. The molecule has 1 saturated heterocycles. The maximum Gasteiger partial charge on any atom is 0.248 e. The number of hydrogen-bond donors (Lipinski definition) is 3. The lowest BCUT2D eigenvalue weighted by atomic mass is 10.2. The zero-order valence-electron chi connectivity index (χ0n) is 18.6. The first kappa shape index (κ1) is 21.6. The third-order valence-electron chi connectivity index (χ3n) is 5.30. The SMILES string of the molecule is Cc1nc(Nc2ccccc2)cc(-n2nc(Nc3ccc(N4CCOCC4)cc3F)nc2N)n1. The molecule has 4 aromatic rings. The van der Waals surface area contributed by atoms with Crippen LogP contribution < -0.4 is 21.3 Å². The van der Waals surface area contributed by atoms with Gasteiger partial charge in [-0.25, -0.2) is 14.4 Å². The number of hydrogen-bond acceptors (Lipinski definition) is 9. The molecule has 11 heteroatoms. The first-order chi connectivity index (χ1) is 16.5. The summed E-state index contributed by atoms with van der Waals surface area (Å²) >= 11 is 0. The van der Waals surface area contributed by atoms with Crippen molar-refractivity contribution in [2.75, 3.05) is 47.6 Å². The standard InChI is InChI=1S/C23H24FN9O/c1-15-26-20(28-16-5-3-2-4-6-16)14-21(27-15)33-22(25)30-23(31-33)29-19-8-7-17(13-18(19)24)32-9-11-34-12-10-32/h2-8,13-14H,9-12H2,1H3,(H,26,27,28)(H3,25,29,30,31). The number of aryl methyl sites for hydroxylation is 1. The van der Waals surface area contributed by atoms with Gasteiger partial charge in [-0.3, -0.25) is 0 Å². The fourth-order valence-electron chi connectivity index (χ4n) is 3.68. The third-order valence-corrected chi connectivity index (χ3v) is 5.30. The Morgan fingerprint density at radius 1 is 0.971 bits per heavy atom. The average molecular weight is 462 g/mol. The molecule has 0 atom stereocenters. The van der Waals surface area contributed by atoms with Crippen LogP contribution in [0, 0.1) is 12.7 Å². The predicted molar refractivity (Wildman–Crippen MR) is 129 cm³/mol. The van der Waals surface area contributed by atoms with E-state index in [0.717, 1.165) is 24.5 Å². The number of benzene rings is 2. The largest absolute Gasteiger partial charge is 0.378 e. The summed E-state index contributed by atoms with van der Waals surface area (Å²) in [4.78, 5) is 15.1. The molecule has 1 aliphatic rings. The van der Waals surface area contributed by atoms with Crippen molar-refractivity contribution < 1.29 is 9.13 Å². The Balaban J connectivity index is 1.36. The number of anilines is 6. The molecule has 1 aliphatic heterocycles. The van der Waals surface area contributed by atoms with Crippen LogP contribution in [0.1, 0.15) is 5.82 Å². The summed E-state index contributed by atoms with van der Waals surface area (Å²) in [5.41, 5.74) is 8.04. The van der Waals surface area contributed by atoms with E-state index in [2.05, 4.69) is 35.6 Å². The van der Waals surface area contributed by atoms with Crippen LogP contribution in [0.25, 0.3) is 5.82 Å². The number of rotatable bonds is 6. The highest BCUT2D eigenvalue weighted by atomic mass is 19.1. The van der Waals surface area contributed by atoms with Gasteiger partial charge in [0.2, 0.25) is 11.9 Å². The monoisotopic (exact) mass is 461 g/mol. The lowest BCUT2D eigenvalue weighted by molar-refractivity contribution is 0.122. The van der Waals surface area contributed by atoms with Crippen molar-refractivity contribution in [3.05, 3.63) is 66.2 Å². The Morgan fingerprint density at radius 2 is 1.76 bits per heavy atom. The maximum atomic E-state index is 14.8. The number of nitrogens with zero attached hydrogens (tertiary/aromatic N) is 6. The minimum atomic E-state index is -0.411. The van der Waals surface area contributed by atoms with E-state index in [0.29, 0.717) is 30.7 Å². The van der Waals surface area contributed by atoms with Crippen molar-refractivity contribution in [1.82, 2.24) is 24.7 Å². The molecule has 0 saturated carbocycles. The van der Waals surface area contributed by atoms with Crippen molar-refractivity contribution in [1.29, 1.82) is 0 Å². The highest BCUT2D eigenvalue weighted by molar-refractivity contribution is 5.62. The minimum absolute atomic E-state index is 0.108. The van der Waals surface area contributed by atoms with Crippen LogP contribution in [0.4, 0.5) is 39.2 Å². The van der Waals surface area contributed by atoms with Crippen LogP contribution in [-0.4, -0.2) is 51.0 Å². The molecule has 0 amide bonds. The van der Waals surface area contributed by atoms with Gasteiger partial charge in [0.05, 0.1) is 18.9 Å². The molecule has 10 nitrogen and oxygen atoms in total. The number of halogens is 1. The van der Waals surface area contributed by atoms with E-state index in [1.54, 1.807) is 19.1 Å². The molecule has 4 N–H and O–H groups in total. The molecule has 0 bridgehead atoms. The van der Waals surface area contributed by atoms with E-state index < -0.39 is 5.82 Å². The Labute approximate surface area is 195 Å². The van der Waals surface area contributed by atoms with Gasteiger partial charge in [0.15, 0.2) is 5.82 Å². The topological polar surface area (TPSA) is 119 Å². The fraction of sp³-hybridized carbons (Fsp3) is 0.217. The molecule has 5 rings (SSSR count). The molecule has 34 heavy (non-hydrogen) atoms. The third kappa shape index (κ3) is 4.74. The number of nitrogens with one attached hydrogen (secondary N) is 2. The van der Waals surface area contributed by atoms with Crippen LogP contribution in [0.5, 0.6) is 0 Å². The van der Waals surface area contributed by atoms with E-state index in [-0.39, 0.29) is 17.6 Å². The van der Waals surface area contributed by atoms with Gasteiger partial charge in [0.25, 0.3) is 0 Å². The summed E-state index contributed by atoms with van der Waals surface area (Å²) in [5, 5.41) is 10.5. The molecular weight excluding hydrogens is 437 g/mol. The van der Waals surface area contributed by atoms with Gasteiger partial charge < -0.3 is 26.0 Å². The Hall–Kier alpha value is -4.25. The van der Waals surface area contributed by atoms with Gasteiger partial charge in [0, 0.05) is 30.5 Å². The number of ether oxygens (including phenoxy) is 1. The highest BCUT2D eigenvalue weighted by Gasteiger charge is 2.16. The van der Waals surface area contributed by atoms with Crippen molar-refractivity contribution in [2.45, 2.75) is 6.92 Å². The lowest BCUT2D eigenvalue weighted by Crippen LogP contribution is -2.36. The van der Waals surface area contributed by atoms with Crippen LogP contribution in [0.15, 0.2) is 54.6 Å². The quantitative estimate of drug-likeness (QED) is 0.397. The summed E-state index contributed by atoms with van der Waals surface area (Å²) in [6, 6.07) is 16.4. The normalized spacial score (nSPS) is 13.6. The maximum absolute atomic E-state index is 14.8. The number of nitrogen functional groups attached to an aromatic ring is 1. The zero-order valence-corrected chi connectivity index (χ0v) is 18.6. The Morgan fingerprint density at radius 3 is 2.53 bits per heavy atom. The molecule has 2 aromatic heterocycles. The molecule has 0 unspecified atom stereocenters. The summed E-state index contributed by atoms with van der Waals surface area (Å²) in [6.07, 6.45) is 0. The summed E-state index contributed by atoms with van der Waals surface area (Å²) in [5.74, 6) is 1.41. The van der Waals surface area contributed by atoms with E-state index >= 15 is 0 Å². The summed E-state index contributed by atoms with van der Waals surface area (Å²) in [7, 11) is 0. The molecule has 2 aromatic carbocycles. The lowest BCUT2D eigenvalue weighted by Gasteiger charge is -2.29. The van der Waals surface area contributed by atoms with Crippen LogP contribution >= 0.6 is 0 Å². The second-order valence-electron chi connectivity index (χ2n) is 7.74. The molecular formula is C23H24FN9O. The van der Waals surface area contributed by atoms with Gasteiger partial charge in [-0.2, -0.15) is 9.67 Å². The minimum Gasteiger partial charge on any atom is -0.378 e. The molecule has 174 valence electrons. The summed E-state index contributed by atoms with van der Waals surface area (Å²) < 4.78 is 21.5. The van der Waals surface area contributed by atoms with Gasteiger partial charge in [-0.15, -0.1) is 5.10 Å². The first-order valence-corrected chi connectivity index (χ1v) is 10.8. The number of para-hydroxylation sites is 1. The van der Waals surface area contributed by atoms with Gasteiger partial charge in [0.1, 0.15) is 17.5 Å². The van der Waals surface area contributed by atoms with Gasteiger partial charge >= 0.3 is 0 Å². The molecule has 0 spiro atoms.